The minimum atomic E-state index is -0.504. The second-order valence-corrected chi connectivity index (χ2v) is 5.31. The highest BCUT2D eigenvalue weighted by molar-refractivity contribution is 5.81. The smallest absolute Gasteiger partial charge is 0.332 e. The van der Waals surface area contributed by atoms with Crippen molar-refractivity contribution in [3.8, 4) is 0 Å². The molecule has 3 heteroatoms. The van der Waals surface area contributed by atoms with Gasteiger partial charge in [-0.1, -0.05) is 30.3 Å². The van der Waals surface area contributed by atoms with E-state index in [0.29, 0.717) is 0 Å². The maximum Gasteiger partial charge on any atom is 0.332 e. The summed E-state index contributed by atoms with van der Waals surface area (Å²) in [6.07, 6.45) is 0. The Morgan fingerprint density at radius 3 is 2.43 bits per heavy atom. The van der Waals surface area contributed by atoms with E-state index in [4.69, 9.17) is 4.74 Å². The highest BCUT2D eigenvalue weighted by Gasteiger charge is 2.21. The van der Waals surface area contributed by atoms with E-state index in [-0.39, 0.29) is 5.97 Å². The molecular formula is C18H21NO2. The highest BCUT2D eigenvalue weighted by Crippen LogP contribution is 2.23. The molecule has 2 aromatic carbocycles. The lowest BCUT2D eigenvalue weighted by molar-refractivity contribution is -0.141. The van der Waals surface area contributed by atoms with Crippen LogP contribution in [-0.4, -0.2) is 13.1 Å². The van der Waals surface area contributed by atoms with Crippen LogP contribution in [0.15, 0.2) is 42.5 Å². The van der Waals surface area contributed by atoms with E-state index in [0.717, 1.165) is 22.4 Å². The molecule has 0 bridgehead atoms. The summed E-state index contributed by atoms with van der Waals surface area (Å²) in [5, 5.41) is 3.26. The molecule has 0 spiro atoms. The normalized spacial score (nSPS) is 11.8. The Labute approximate surface area is 126 Å². The maximum atomic E-state index is 12.1. The van der Waals surface area contributed by atoms with Crippen LogP contribution in [0, 0.1) is 20.8 Å². The third kappa shape index (κ3) is 3.63. The number of nitrogens with one attached hydrogen (secondary N) is 1. The molecule has 0 radical (unpaired) electrons. The van der Waals surface area contributed by atoms with Crippen molar-refractivity contribution in [3.05, 3.63) is 64.7 Å². The lowest BCUT2D eigenvalue weighted by atomic mass is 10.0. The molecule has 0 heterocycles. The predicted octanol–water partition coefficient (Wildman–Crippen LogP) is 3.94. The van der Waals surface area contributed by atoms with E-state index in [1.807, 2.05) is 56.3 Å². The van der Waals surface area contributed by atoms with Gasteiger partial charge in [0.1, 0.15) is 0 Å². The second-order valence-electron chi connectivity index (χ2n) is 5.31. The van der Waals surface area contributed by atoms with Crippen molar-refractivity contribution >= 4 is 11.7 Å². The molecule has 0 saturated carbocycles. The molecule has 0 aliphatic rings. The number of rotatable bonds is 4. The average molecular weight is 283 g/mol. The molecular weight excluding hydrogens is 262 g/mol. The summed E-state index contributed by atoms with van der Waals surface area (Å²) in [6, 6.07) is 13.5. The van der Waals surface area contributed by atoms with Crippen LogP contribution in [0.4, 0.5) is 5.69 Å². The summed E-state index contributed by atoms with van der Waals surface area (Å²) in [4.78, 5) is 12.1. The van der Waals surface area contributed by atoms with Crippen LogP contribution in [0.5, 0.6) is 0 Å². The molecule has 0 fully saturated rings. The number of carbonyl (C=O) groups is 1. The standard InChI is InChI=1S/C18H21NO2/c1-12-6-5-7-16(10-12)19-17(18(20)21-4)15-9-8-13(2)14(3)11-15/h5-11,17,19H,1-4H3. The molecule has 110 valence electrons. The van der Waals surface area contributed by atoms with E-state index in [9.17, 15) is 4.79 Å². The van der Waals surface area contributed by atoms with Crippen LogP contribution in [0.3, 0.4) is 0 Å². The molecule has 21 heavy (non-hydrogen) atoms. The van der Waals surface area contributed by atoms with Gasteiger partial charge in [-0.3, -0.25) is 0 Å². The Bertz CT molecular complexity index is 649. The molecule has 3 nitrogen and oxygen atoms in total. The van der Waals surface area contributed by atoms with Gasteiger partial charge in [0.05, 0.1) is 7.11 Å². The van der Waals surface area contributed by atoms with Crippen molar-refractivity contribution < 1.29 is 9.53 Å². The van der Waals surface area contributed by atoms with Crippen molar-refractivity contribution in [1.82, 2.24) is 0 Å². The number of methoxy groups -OCH3 is 1. The zero-order valence-electron chi connectivity index (χ0n) is 12.9. The zero-order valence-corrected chi connectivity index (χ0v) is 12.9. The van der Waals surface area contributed by atoms with Gasteiger partial charge in [-0.25, -0.2) is 4.79 Å². The molecule has 0 aromatic heterocycles. The van der Waals surface area contributed by atoms with Gasteiger partial charge in [-0.15, -0.1) is 0 Å². The van der Waals surface area contributed by atoms with E-state index in [2.05, 4.69) is 12.2 Å². The lowest BCUT2D eigenvalue weighted by Crippen LogP contribution is -2.22. The van der Waals surface area contributed by atoms with Crippen LogP contribution < -0.4 is 5.32 Å². The summed E-state index contributed by atoms with van der Waals surface area (Å²) in [5.74, 6) is -0.292. The first-order chi connectivity index (χ1) is 10.0. The third-order valence-corrected chi connectivity index (χ3v) is 3.63. The average Bonchev–Trinajstić information content (AvgIpc) is 2.47. The van der Waals surface area contributed by atoms with E-state index >= 15 is 0 Å². The molecule has 2 rings (SSSR count). The molecule has 1 unspecified atom stereocenters. The Morgan fingerprint density at radius 2 is 1.81 bits per heavy atom. The monoisotopic (exact) mass is 283 g/mol. The number of aryl methyl sites for hydroxylation is 3. The van der Waals surface area contributed by atoms with Gasteiger partial charge < -0.3 is 10.1 Å². The molecule has 0 saturated heterocycles. The number of esters is 1. The van der Waals surface area contributed by atoms with Gasteiger partial charge in [0.15, 0.2) is 6.04 Å². The fraction of sp³-hybridized carbons (Fsp3) is 0.278. The van der Waals surface area contributed by atoms with Crippen molar-refractivity contribution in [2.75, 3.05) is 12.4 Å². The van der Waals surface area contributed by atoms with Crippen molar-refractivity contribution in [2.24, 2.45) is 0 Å². The summed E-state index contributed by atoms with van der Waals surface area (Å²) < 4.78 is 4.94. The maximum absolute atomic E-state index is 12.1. The summed E-state index contributed by atoms with van der Waals surface area (Å²) in [7, 11) is 1.41. The van der Waals surface area contributed by atoms with Crippen molar-refractivity contribution in [1.29, 1.82) is 0 Å². The van der Waals surface area contributed by atoms with Crippen molar-refractivity contribution in [3.63, 3.8) is 0 Å². The third-order valence-electron chi connectivity index (χ3n) is 3.63. The van der Waals surface area contributed by atoms with Gasteiger partial charge in [0.25, 0.3) is 0 Å². The van der Waals surface area contributed by atoms with Crippen molar-refractivity contribution in [2.45, 2.75) is 26.8 Å². The number of benzene rings is 2. The Hall–Kier alpha value is -2.29. The number of hydrogen-bond acceptors (Lipinski definition) is 3. The van der Waals surface area contributed by atoms with Gasteiger partial charge >= 0.3 is 5.97 Å². The Morgan fingerprint density at radius 1 is 1.05 bits per heavy atom. The minimum absolute atomic E-state index is 0.292. The molecule has 2 aromatic rings. The van der Waals surface area contributed by atoms with Gasteiger partial charge in [-0.2, -0.15) is 0 Å². The predicted molar refractivity (Wildman–Crippen MR) is 85.5 cm³/mol. The topological polar surface area (TPSA) is 38.3 Å². The van der Waals surface area contributed by atoms with E-state index in [1.165, 1.54) is 12.7 Å². The minimum Gasteiger partial charge on any atom is -0.467 e. The number of ether oxygens (including phenoxy) is 1. The largest absolute Gasteiger partial charge is 0.467 e. The van der Waals surface area contributed by atoms with Gasteiger partial charge in [0, 0.05) is 5.69 Å². The first kappa shape index (κ1) is 15.1. The molecule has 0 aliphatic carbocycles. The zero-order chi connectivity index (χ0) is 15.4. The van der Waals surface area contributed by atoms with Crippen LogP contribution in [0.25, 0.3) is 0 Å². The van der Waals surface area contributed by atoms with Gasteiger partial charge in [0.2, 0.25) is 0 Å². The second kappa shape index (κ2) is 6.44. The molecule has 0 aliphatic heterocycles. The SMILES string of the molecule is COC(=O)C(Nc1cccc(C)c1)c1ccc(C)c(C)c1. The number of anilines is 1. The fourth-order valence-corrected chi connectivity index (χ4v) is 2.24. The summed E-state index contributed by atoms with van der Waals surface area (Å²) in [6.45, 7) is 6.12. The van der Waals surface area contributed by atoms with Crippen LogP contribution in [0.1, 0.15) is 28.3 Å². The lowest BCUT2D eigenvalue weighted by Gasteiger charge is -2.19. The first-order valence-corrected chi connectivity index (χ1v) is 6.99. The number of carbonyl (C=O) groups excluding carboxylic acids is 1. The van der Waals surface area contributed by atoms with Gasteiger partial charge in [-0.05, 0) is 55.2 Å². The van der Waals surface area contributed by atoms with Crippen LogP contribution in [0.2, 0.25) is 0 Å². The van der Waals surface area contributed by atoms with E-state index < -0.39 is 6.04 Å². The summed E-state index contributed by atoms with van der Waals surface area (Å²) >= 11 is 0. The first-order valence-electron chi connectivity index (χ1n) is 6.99. The molecule has 1 N–H and O–H groups in total. The molecule has 0 amide bonds. The summed E-state index contributed by atoms with van der Waals surface area (Å²) in [5.41, 5.74) is 5.32. The number of hydrogen-bond donors (Lipinski definition) is 1. The van der Waals surface area contributed by atoms with Crippen LogP contribution in [-0.2, 0) is 9.53 Å². The Kier molecular flexibility index (Phi) is 4.63. The quantitative estimate of drug-likeness (QED) is 0.864. The highest BCUT2D eigenvalue weighted by atomic mass is 16.5. The van der Waals surface area contributed by atoms with Crippen LogP contribution >= 0.6 is 0 Å². The van der Waals surface area contributed by atoms with E-state index in [1.54, 1.807) is 0 Å². The molecule has 1 atom stereocenters. The fourth-order valence-electron chi connectivity index (χ4n) is 2.24. The Balaban J connectivity index is 2.34.